The van der Waals surface area contributed by atoms with Crippen LogP contribution in [0.5, 0.6) is 0 Å². The van der Waals surface area contributed by atoms with Gasteiger partial charge in [0.05, 0.1) is 25.4 Å². The predicted octanol–water partition coefficient (Wildman–Crippen LogP) is 3.48. The molecule has 0 radical (unpaired) electrons. The van der Waals surface area contributed by atoms with Gasteiger partial charge in [-0.2, -0.15) is 0 Å². The van der Waals surface area contributed by atoms with Gasteiger partial charge in [0.2, 0.25) is 0 Å². The summed E-state index contributed by atoms with van der Waals surface area (Å²) in [6.45, 7) is 10.7. The molecule has 0 bridgehead atoms. The second-order valence-electron chi connectivity index (χ2n) is 8.19. The fourth-order valence-electron chi connectivity index (χ4n) is 3.66. The molecule has 0 spiro atoms. The maximum Gasteiger partial charge on any atom is 0.189 e. The van der Waals surface area contributed by atoms with Crippen molar-refractivity contribution in [3.05, 3.63) is 35.9 Å². The molecular weight excluding hydrogens is 348 g/mol. The molecule has 3 rings (SSSR count). The van der Waals surface area contributed by atoms with Crippen molar-refractivity contribution in [2.75, 3.05) is 13.7 Å². The summed E-state index contributed by atoms with van der Waals surface area (Å²) < 4.78 is 35.8. The first kappa shape index (κ1) is 20.7. The molecule has 1 aromatic rings. The molecular formula is C21H32O6. The van der Waals surface area contributed by atoms with Crippen LogP contribution in [0.4, 0.5) is 0 Å². The zero-order valence-corrected chi connectivity index (χ0v) is 17.1. The van der Waals surface area contributed by atoms with Crippen LogP contribution in [0.1, 0.15) is 40.2 Å². The summed E-state index contributed by atoms with van der Waals surface area (Å²) in [7, 11) is 1.62. The largest absolute Gasteiger partial charge is 0.370 e. The van der Waals surface area contributed by atoms with Crippen molar-refractivity contribution in [2.45, 2.75) is 77.4 Å². The molecule has 2 saturated heterocycles. The van der Waals surface area contributed by atoms with Gasteiger partial charge >= 0.3 is 0 Å². The first-order valence-corrected chi connectivity index (χ1v) is 9.56. The SMILES string of the molecule is COC1OC(C)(C)OC1C(OCc1ccccc1)C(C)C1COC(C)(C)O1. The van der Waals surface area contributed by atoms with Gasteiger partial charge in [-0.05, 0) is 33.3 Å². The Bertz CT molecular complexity index is 602. The molecule has 152 valence electrons. The molecule has 1 aromatic carbocycles. The first-order valence-electron chi connectivity index (χ1n) is 9.56. The van der Waals surface area contributed by atoms with E-state index in [0.717, 1.165) is 5.56 Å². The van der Waals surface area contributed by atoms with Gasteiger partial charge < -0.3 is 28.4 Å². The molecule has 0 aliphatic carbocycles. The van der Waals surface area contributed by atoms with Crippen molar-refractivity contribution < 1.29 is 28.4 Å². The molecule has 6 nitrogen and oxygen atoms in total. The minimum Gasteiger partial charge on any atom is -0.370 e. The van der Waals surface area contributed by atoms with Crippen LogP contribution in [-0.2, 0) is 35.0 Å². The monoisotopic (exact) mass is 380 g/mol. The lowest BCUT2D eigenvalue weighted by Crippen LogP contribution is -2.46. The van der Waals surface area contributed by atoms with Crippen LogP contribution in [0.3, 0.4) is 0 Å². The quantitative estimate of drug-likeness (QED) is 0.722. The number of ether oxygens (including phenoxy) is 6. The van der Waals surface area contributed by atoms with Crippen molar-refractivity contribution in [3.63, 3.8) is 0 Å². The van der Waals surface area contributed by atoms with Gasteiger partial charge in [0, 0.05) is 13.0 Å². The number of rotatable bonds is 7. The molecule has 0 N–H and O–H groups in total. The molecule has 2 fully saturated rings. The standard InChI is InChI=1S/C21H32O6/c1-14(16-13-24-20(2,3)25-16)17(23-12-15-10-8-7-9-11-15)18-19(22-6)27-21(4,5)26-18/h7-11,14,16-19H,12-13H2,1-6H3. The summed E-state index contributed by atoms with van der Waals surface area (Å²) in [5, 5.41) is 0. The lowest BCUT2D eigenvalue weighted by atomic mass is 9.93. The highest BCUT2D eigenvalue weighted by Gasteiger charge is 2.50. The van der Waals surface area contributed by atoms with E-state index < -0.39 is 17.9 Å². The third kappa shape index (κ3) is 5.08. The normalized spacial score (nSPS) is 31.7. The van der Waals surface area contributed by atoms with Crippen LogP contribution in [0.25, 0.3) is 0 Å². The van der Waals surface area contributed by atoms with Gasteiger partial charge in [-0.15, -0.1) is 0 Å². The average Bonchev–Trinajstić information content (AvgIpc) is 3.14. The van der Waals surface area contributed by atoms with Crippen molar-refractivity contribution in [1.82, 2.24) is 0 Å². The van der Waals surface area contributed by atoms with E-state index in [4.69, 9.17) is 28.4 Å². The molecule has 0 amide bonds. The molecule has 6 heteroatoms. The van der Waals surface area contributed by atoms with Crippen molar-refractivity contribution in [3.8, 4) is 0 Å². The van der Waals surface area contributed by atoms with E-state index in [1.807, 2.05) is 58.0 Å². The third-order valence-corrected chi connectivity index (χ3v) is 5.06. The van der Waals surface area contributed by atoms with Gasteiger partial charge in [-0.1, -0.05) is 37.3 Å². The van der Waals surface area contributed by atoms with Crippen LogP contribution in [0.15, 0.2) is 30.3 Å². The molecule has 0 aromatic heterocycles. The highest BCUT2D eigenvalue weighted by Crippen LogP contribution is 2.37. The van der Waals surface area contributed by atoms with Crippen molar-refractivity contribution in [1.29, 1.82) is 0 Å². The highest BCUT2D eigenvalue weighted by molar-refractivity contribution is 5.13. The van der Waals surface area contributed by atoms with E-state index in [1.54, 1.807) is 7.11 Å². The van der Waals surface area contributed by atoms with Gasteiger partial charge in [0.15, 0.2) is 17.9 Å². The summed E-state index contributed by atoms with van der Waals surface area (Å²) in [5.74, 6) is -1.29. The molecule has 2 aliphatic heterocycles. The van der Waals surface area contributed by atoms with Gasteiger partial charge in [-0.3, -0.25) is 0 Å². The zero-order valence-electron chi connectivity index (χ0n) is 17.1. The summed E-state index contributed by atoms with van der Waals surface area (Å²) in [6.07, 6.45) is -1.24. The molecule has 27 heavy (non-hydrogen) atoms. The summed E-state index contributed by atoms with van der Waals surface area (Å²) in [5.41, 5.74) is 1.10. The smallest absolute Gasteiger partial charge is 0.189 e. The van der Waals surface area contributed by atoms with E-state index in [-0.39, 0.29) is 24.2 Å². The molecule has 0 saturated carbocycles. The Morgan fingerprint density at radius 3 is 2.33 bits per heavy atom. The summed E-state index contributed by atoms with van der Waals surface area (Å²) >= 11 is 0. The molecule has 5 unspecified atom stereocenters. The third-order valence-electron chi connectivity index (χ3n) is 5.06. The Morgan fingerprint density at radius 1 is 1.04 bits per heavy atom. The highest BCUT2D eigenvalue weighted by atomic mass is 16.8. The summed E-state index contributed by atoms with van der Waals surface area (Å²) in [4.78, 5) is 0. The van der Waals surface area contributed by atoms with Crippen molar-refractivity contribution >= 4 is 0 Å². The predicted molar refractivity (Wildman–Crippen MR) is 99.9 cm³/mol. The zero-order chi connectivity index (χ0) is 19.7. The van der Waals surface area contributed by atoms with E-state index in [9.17, 15) is 0 Å². The fourth-order valence-corrected chi connectivity index (χ4v) is 3.66. The van der Waals surface area contributed by atoms with Gasteiger partial charge in [0.1, 0.15) is 6.10 Å². The average molecular weight is 380 g/mol. The minimum atomic E-state index is -0.730. The van der Waals surface area contributed by atoms with Crippen LogP contribution in [0.2, 0.25) is 0 Å². The van der Waals surface area contributed by atoms with E-state index in [2.05, 4.69) is 6.92 Å². The summed E-state index contributed by atoms with van der Waals surface area (Å²) in [6, 6.07) is 10.1. The number of benzene rings is 1. The Kier molecular flexibility index (Phi) is 6.25. The number of methoxy groups -OCH3 is 1. The second-order valence-corrected chi connectivity index (χ2v) is 8.19. The van der Waals surface area contributed by atoms with Crippen molar-refractivity contribution in [2.24, 2.45) is 5.92 Å². The van der Waals surface area contributed by atoms with Crippen LogP contribution >= 0.6 is 0 Å². The Hall–Kier alpha value is -1.02. The first-order chi connectivity index (χ1) is 12.7. The topological polar surface area (TPSA) is 55.4 Å². The number of hydrogen-bond donors (Lipinski definition) is 0. The maximum absolute atomic E-state index is 6.36. The molecule has 2 heterocycles. The van der Waals surface area contributed by atoms with Gasteiger partial charge in [-0.25, -0.2) is 0 Å². The van der Waals surface area contributed by atoms with Gasteiger partial charge in [0.25, 0.3) is 0 Å². The Balaban J connectivity index is 1.77. The van der Waals surface area contributed by atoms with E-state index >= 15 is 0 Å². The lowest BCUT2D eigenvalue weighted by Gasteiger charge is -2.33. The Morgan fingerprint density at radius 2 is 1.74 bits per heavy atom. The fraction of sp³-hybridized carbons (Fsp3) is 0.714. The minimum absolute atomic E-state index is 0.0237. The maximum atomic E-state index is 6.36. The van der Waals surface area contributed by atoms with Crippen LogP contribution in [-0.4, -0.2) is 49.9 Å². The van der Waals surface area contributed by atoms with Crippen LogP contribution < -0.4 is 0 Å². The van der Waals surface area contributed by atoms with Crippen LogP contribution in [0, 0.1) is 5.92 Å². The van der Waals surface area contributed by atoms with E-state index in [1.165, 1.54) is 0 Å². The second kappa shape index (κ2) is 8.15. The lowest BCUT2D eigenvalue weighted by molar-refractivity contribution is -0.184. The molecule has 5 atom stereocenters. The molecule has 2 aliphatic rings. The Labute approximate surface area is 162 Å². The number of hydrogen-bond acceptors (Lipinski definition) is 6. The van der Waals surface area contributed by atoms with E-state index in [0.29, 0.717) is 13.2 Å².